The fourth-order valence-electron chi connectivity index (χ4n) is 2.33. The molecule has 0 aliphatic heterocycles. The summed E-state index contributed by atoms with van der Waals surface area (Å²) in [6.07, 6.45) is 0. The summed E-state index contributed by atoms with van der Waals surface area (Å²) in [4.78, 5) is 27.4. The smallest absolute Gasteiger partial charge is 0.348 e. The average Bonchev–Trinajstić information content (AvgIpc) is 2.96. The molecule has 0 bridgehead atoms. The van der Waals surface area contributed by atoms with Gasteiger partial charge in [0.05, 0.1) is 14.2 Å². The van der Waals surface area contributed by atoms with Crippen LogP contribution in [0.1, 0.15) is 40.2 Å². The lowest BCUT2D eigenvalue weighted by Gasteiger charge is -2.08. The second kappa shape index (κ2) is 6.22. The predicted molar refractivity (Wildman–Crippen MR) is 89.3 cm³/mol. The minimum Gasteiger partial charge on any atom is -0.465 e. The maximum Gasteiger partial charge on any atom is 0.348 e. The first kappa shape index (κ1) is 16.7. The Bertz CT molecular complexity index is 689. The van der Waals surface area contributed by atoms with Gasteiger partial charge in [-0.05, 0) is 38.8 Å². The highest BCUT2D eigenvalue weighted by molar-refractivity contribution is 7.15. The van der Waals surface area contributed by atoms with E-state index in [1.807, 2.05) is 27.7 Å². The van der Waals surface area contributed by atoms with Crippen molar-refractivity contribution in [2.45, 2.75) is 27.7 Å². The third kappa shape index (κ3) is 2.57. The van der Waals surface area contributed by atoms with Crippen molar-refractivity contribution in [2.24, 2.45) is 0 Å². The molecule has 118 valence electrons. The maximum atomic E-state index is 12.1. The molecular formula is C16H18O4S2. The average molecular weight is 338 g/mol. The van der Waals surface area contributed by atoms with Crippen molar-refractivity contribution in [3.8, 4) is 11.1 Å². The van der Waals surface area contributed by atoms with Crippen LogP contribution >= 0.6 is 22.7 Å². The van der Waals surface area contributed by atoms with Crippen LogP contribution in [0.3, 0.4) is 0 Å². The quantitative estimate of drug-likeness (QED) is 0.784. The van der Waals surface area contributed by atoms with Gasteiger partial charge in [0.15, 0.2) is 0 Å². The van der Waals surface area contributed by atoms with Crippen molar-refractivity contribution < 1.29 is 19.1 Å². The molecule has 4 nitrogen and oxygen atoms in total. The van der Waals surface area contributed by atoms with Gasteiger partial charge in [-0.1, -0.05) is 0 Å². The Balaban J connectivity index is 2.82. The Hall–Kier alpha value is -1.66. The number of aryl methyl sites for hydroxylation is 2. The van der Waals surface area contributed by atoms with Crippen molar-refractivity contribution >= 4 is 34.6 Å². The molecule has 6 heteroatoms. The van der Waals surface area contributed by atoms with Gasteiger partial charge in [0.2, 0.25) is 0 Å². The zero-order valence-electron chi connectivity index (χ0n) is 13.4. The molecule has 2 rings (SSSR count). The lowest BCUT2D eigenvalue weighted by Crippen LogP contribution is -2.04. The molecule has 0 saturated carbocycles. The summed E-state index contributed by atoms with van der Waals surface area (Å²) < 4.78 is 9.80. The van der Waals surface area contributed by atoms with E-state index in [-0.39, 0.29) is 11.9 Å². The Labute approximate surface area is 137 Å². The number of carbonyl (C=O) groups excluding carboxylic acids is 2. The molecule has 2 aromatic rings. The largest absolute Gasteiger partial charge is 0.465 e. The number of rotatable bonds is 3. The van der Waals surface area contributed by atoms with Gasteiger partial charge in [-0.2, -0.15) is 0 Å². The van der Waals surface area contributed by atoms with Gasteiger partial charge in [-0.15, -0.1) is 22.7 Å². The van der Waals surface area contributed by atoms with Crippen LogP contribution in [0.25, 0.3) is 11.1 Å². The molecule has 0 aromatic carbocycles. The van der Waals surface area contributed by atoms with Gasteiger partial charge in [0, 0.05) is 20.9 Å². The first-order valence-electron chi connectivity index (χ1n) is 6.70. The summed E-state index contributed by atoms with van der Waals surface area (Å²) in [6.45, 7) is 7.84. The van der Waals surface area contributed by atoms with Gasteiger partial charge in [-0.25, -0.2) is 9.59 Å². The summed E-state index contributed by atoms with van der Waals surface area (Å²) in [6, 6.07) is 0. The number of methoxy groups -OCH3 is 2. The summed E-state index contributed by atoms with van der Waals surface area (Å²) in [5, 5.41) is 0. The SMILES string of the molecule is COC(=O)c1sc(C)c(C)c1-c1c(C(=O)OC)sc(C)c1C. The topological polar surface area (TPSA) is 52.6 Å². The van der Waals surface area contributed by atoms with Crippen LogP contribution in [0.2, 0.25) is 0 Å². The van der Waals surface area contributed by atoms with Crippen LogP contribution in [0.15, 0.2) is 0 Å². The number of carbonyl (C=O) groups is 2. The van der Waals surface area contributed by atoms with E-state index in [0.717, 1.165) is 32.0 Å². The van der Waals surface area contributed by atoms with Crippen LogP contribution in [0, 0.1) is 27.7 Å². The molecule has 0 aliphatic rings. The highest BCUT2D eigenvalue weighted by atomic mass is 32.1. The zero-order valence-corrected chi connectivity index (χ0v) is 15.1. The van der Waals surface area contributed by atoms with Gasteiger partial charge < -0.3 is 9.47 Å². The lowest BCUT2D eigenvalue weighted by atomic mass is 9.97. The zero-order chi connectivity index (χ0) is 16.6. The van der Waals surface area contributed by atoms with E-state index in [2.05, 4.69) is 0 Å². The van der Waals surface area contributed by atoms with Crippen LogP contribution in [0.5, 0.6) is 0 Å². The second-order valence-corrected chi connectivity index (χ2v) is 7.41. The van der Waals surface area contributed by atoms with Crippen molar-refractivity contribution in [3.05, 3.63) is 30.6 Å². The molecule has 0 saturated heterocycles. The minimum atomic E-state index is -0.379. The van der Waals surface area contributed by atoms with Crippen LogP contribution in [0.4, 0.5) is 0 Å². The molecule has 0 N–H and O–H groups in total. The van der Waals surface area contributed by atoms with Crippen molar-refractivity contribution in [2.75, 3.05) is 14.2 Å². The van der Waals surface area contributed by atoms with Crippen molar-refractivity contribution in [3.63, 3.8) is 0 Å². The number of thiophene rings is 2. The summed E-state index contributed by atoms with van der Waals surface area (Å²) in [5.41, 5.74) is 3.57. The maximum absolute atomic E-state index is 12.1. The Kier molecular flexibility index (Phi) is 4.72. The van der Waals surface area contributed by atoms with E-state index in [4.69, 9.17) is 9.47 Å². The third-order valence-electron chi connectivity index (χ3n) is 3.76. The van der Waals surface area contributed by atoms with E-state index < -0.39 is 0 Å². The van der Waals surface area contributed by atoms with E-state index in [1.165, 1.54) is 36.9 Å². The van der Waals surface area contributed by atoms with Crippen LogP contribution in [-0.2, 0) is 9.47 Å². The van der Waals surface area contributed by atoms with Crippen molar-refractivity contribution in [1.29, 1.82) is 0 Å². The molecule has 22 heavy (non-hydrogen) atoms. The summed E-state index contributed by atoms with van der Waals surface area (Å²) in [7, 11) is 2.73. The Morgan fingerprint density at radius 3 is 1.32 bits per heavy atom. The molecule has 0 aliphatic carbocycles. The Morgan fingerprint density at radius 2 is 1.05 bits per heavy atom. The summed E-state index contributed by atoms with van der Waals surface area (Å²) >= 11 is 2.78. The standard InChI is InChI=1S/C16H18O4S2/c1-7-9(3)21-13(15(17)19-5)11(7)12-8(2)10(4)22-14(12)16(18)20-6/h1-6H3. The molecule has 2 heterocycles. The highest BCUT2D eigenvalue weighted by Gasteiger charge is 2.28. The third-order valence-corrected chi connectivity index (χ3v) is 6.14. The number of ether oxygens (including phenoxy) is 2. The highest BCUT2D eigenvalue weighted by Crippen LogP contribution is 2.43. The fraction of sp³-hybridized carbons (Fsp3) is 0.375. The molecule has 2 aromatic heterocycles. The summed E-state index contributed by atoms with van der Waals surface area (Å²) in [5.74, 6) is -0.759. The lowest BCUT2D eigenvalue weighted by molar-refractivity contribution is 0.0595. The number of hydrogen-bond donors (Lipinski definition) is 0. The van der Waals surface area contributed by atoms with E-state index in [0.29, 0.717) is 9.75 Å². The van der Waals surface area contributed by atoms with Crippen molar-refractivity contribution in [1.82, 2.24) is 0 Å². The second-order valence-electron chi connectivity index (χ2n) is 4.96. The number of esters is 2. The van der Waals surface area contributed by atoms with Gasteiger partial charge in [0.1, 0.15) is 9.75 Å². The monoisotopic (exact) mass is 338 g/mol. The van der Waals surface area contributed by atoms with Crippen LogP contribution in [-0.4, -0.2) is 26.2 Å². The van der Waals surface area contributed by atoms with E-state index in [1.54, 1.807) is 0 Å². The molecule has 0 radical (unpaired) electrons. The number of hydrogen-bond acceptors (Lipinski definition) is 6. The fourth-order valence-corrected chi connectivity index (χ4v) is 4.50. The van der Waals surface area contributed by atoms with Crippen LogP contribution < -0.4 is 0 Å². The normalized spacial score (nSPS) is 10.6. The van der Waals surface area contributed by atoms with Gasteiger partial charge in [0.25, 0.3) is 0 Å². The molecule has 0 spiro atoms. The van der Waals surface area contributed by atoms with E-state index >= 15 is 0 Å². The molecular weight excluding hydrogens is 320 g/mol. The van der Waals surface area contributed by atoms with E-state index in [9.17, 15) is 9.59 Å². The molecule has 0 amide bonds. The van der Waals surface area contributed by atoms with Gasteiger partial charge >= 0.3 is 11.9 Å². The molecule has 0 fully saturated rings. The first-order valence-corrected chi connectivity index (χ1v) is 8.33. The van der Waals surface area contributed by atoms with Gasteiger partial charge in [-0.3, -0.25) is 0 Å². The predicted octanol–water partition coefficient (Wildman–Crippen LogP) is 4.28. The molecule has 0 atom stereocenters. The minimum absolute atomic E-state index is 0.379. The molecule has 0 unspecified atom stereocenters. The Morgan fingerprint density at radius 1 is 0.727 bits per heavy atom. The first-order chi connectivity index (χ1) is 10.3.